The molecule has 1 aliphatic rings. The van der Waals surface area contributed by atoms with Gasteiger partial charge in [-0.1, -0.05) is 0 Å². The first-order valence-electron chi connectivity index (χ1n) is 10.7. The van der Waals surface area contributed by atoms with Crippen LogP contribution in [0.4, 0.5) is 24.5 Å². The van der Waals surface area contributed by atoms with Gasteiger partial charge in [0.1, 0.15) is 0 Å². The molecule has 11 heteroatoms. The van der Waals surface area contributed by atoms with Crippen LogP contribution in [0.5, 0.6) is 0 Å². The zero-order valence-electron chi connectivity index (χ0n) is 19.4. The van der Waals surface area contributed by atoms with Crippen molar-refractivity contribution in [1.29, 1.82) is 0 Å². The molecule has 3 N–H and O–H groups in total. The summed E-state index contributed by atoms with van der Waals surface area (Å²) in [7, 11) is 0. The zero-order valence-corrected chi connectivity index (χ0v) is 22.3. The summed E-state index contributed by atoms with van der Waals surface area (Å²) in [6, 6.07) is 1.47. The van der Waals surface area contributed by atoms with Gasteiger partial charge in [0.2, 0.25) is 0 Å². The second-order valence-corrected chi connectivity index (χ2v) is 16.5. The third-order valence-electron chi connectivity index (χ3n) is 5.18. The van der Waals surface area contributed by atoms with Crippen LogP contribution in [0.1, 0.15) is 63.9 Å². The quantitative estimate of drug-likeness (QED) is 0.423. The summed E-state index contributed by atoms with van der Waals surface area (Å²) in [5.74, 6) is -3.18. The van der Waals surface area contributed by atoms with Crippen molar-refractivity contribution >= 4 is 42.1 Å². The summed E-state index contributed by atoms with van der Waals surface area (Å²) in [5.41, 5.74) is -0.321. The van der Waals surface area contributed by atoms with Gasteiger partial charge in [0.15, 0.2) is 0 Å². The van der Waals surface area contributed by atoms with E-state index < -0.39 is 44.7 Å². The van der Waals surface area contributed by atoms with E-state index in [-0.39, 0.29) is 34.4 Å². The standard InChI is InChI=1S/C18H21F3N5O2.C4H9.Sn/c1-17(2,28)15(19)9-23-16(27)13-8-22-4-3-14(13)25-11-7-24-26(10-11)12-5-18(20,21)6-12;1-4(2)3;/h3,7-8,10,12,15,28H,5-6,9H2,1-2H3,(H,22,25)(H,23,27);1-3H3;/t15-;;/m1../s1. The number of carbonyl (C=O) groups excluding carboxylic acids is 1. The van der Waals surface area contributed by atoms with Crippen LogP contribution in [-0.4, -0.2) is 71.2 Å². The van der Waals surface area contributed by atoms with Gasteiger partial charge in [-0.2, -0.15) is 0 Å². The van der Waals surface area contributed by atoms with Crippen molar-refractivity contribution in [3.05, 3.63) is 30.2 Å². The molecule has 1 amide bonds. The van der Waals surface area contributed by atoms with Crippen molar-refractivity contribution in [2.45, 2.75) is 74.6 Å². The first-order chi connectivity index (χ1) is 15.1. The SMILES string of the molecule is C[C](C)(C)[Sn][c]1cc(Nc2cnn(C3CC(F)(F)C3)c2)c(C(=O)NC[C@@H](F)C(C)(C)O)cn1. The summed E-state index contributed by atoms with van der Waals surface area (Å²) < 4.78 is 43.1. The van der Waals surface area contributed by atoms with E-state index in [9.17, 15) is 23.1 Å². The van der Waals surface area contributed by atoms with Gasteiger partial charge in [-0.25, -0.2) is 0 Å². The molecule has 0 spiro atoms. The van der Waals surface area contributed by atoms with Crippen molar-refractivity contribution in [2.24, 2.45) is 0 Å². The third kappa shape index (κ3) is 7.08. The van der Waals surface area contributed by atoms with Crippen LogP contribution >= 0.6 is 0 Å². The number of aromatic nitrogens is 3. The number of hydrogen-bond donors (Lipinski definition) is 3. The fourth-order valence-electron chi connectivity index (χ4n) is 3.29. The summed E-state index contributed by atoms with van der Waals surface area (Å²) in [6.45, 7) is 8.75. The zero-order chi connectivity index (χ0) is 24.6. The number of halogens is 3. The molecule has 2 radical (unpaired) electrons. The van der Waals surface area contributed by atoms with Gasteiger partial charge in [-0.05, 0) is 0 Å². The predicted octanol–water partition coefficient (Wildman–Crippen LogP) is 3.38. The molecule has 0 aliphatic heterocycles. The number of nitrogens with zero attached hydrogens (tertiary/aromatic N) is 3. The Balaban J connectivity index is 1.80. The monoisotopic (exact) mass is 573 g/mol. The number of alkyl halides is 3. The number of amides is 1. The second kappa shape index (κ2) is 9.44. The first-order valence-corrected chi connectivity index (χ1v) is 13.6. The van der Waals surface area contributed by atoms with Crippen molar-refractivity contribution in [3.8, 4) is 0 Å². The molecule has 33 heavy (non-hydrogen) atoms. The molecule has 180 valence electrons. The Hall–Kier alpha value is -1.82. The molecule has 1 fully saturated rings. The van der Waals surface area contributed by atoms with Crippen LogP contribution in [-0.2, 0) is 0 Å². The van der Waals surface area contributed by atoms with Crippen LogP contribution in [0.2, 0.25) is 3.43 Å². The van der Waals surface area contributed by atoms with Crippen molar-refractivity contribution in [1.82, 2.24) is 20.1 Å². The fraction of sp³-hybridized carbons (Fsp3) is 0.591. The minimum absolute atomic E-state index is 0.131. The number of pyridine rings is 1. The molecule has 1 saturated carbocycles. The summed E-state index contributed by atoms with van der Waals surface area (Å²) >= 11 is -1.08. The third-order valence-corrected chi connectivity index (χ3v) is 8.84. The average Bonchev–Trinajstić information content (AvgIpc) is 3.10. The molecular formula is C22H30F3N5O2Sn. The van der Waals surface area contributed by atoms with Gasteiger partial charge in [0, 0.05) is 0 Å². The minimum atomic E-state index is -2.65. The van der Waals surface area contributed by atoms with Gasteiger partial charge < -0.3 is 0 Å². The van der Waals surface area contributed by atoms with Crippen LogP contribution in [0.15, 0.2) is 24.7 Å². The van der Waals surface area contributed by atoms with E-state index in [1.807, 2.05) is 6.07 Å². The van der Waals surface area contributed by atoms with Crippen LogP contribution < -0.4 is 14.3 Å². The molecule has 2 aromatic heterocycles. The first kappa shape index (κ1) is 25.8. The van der Waals surface area contributed by atoms with Crippen molar-refractivity contribution in [3.63, 3.8) is 0 Å². The number of rotatable bonds is 8. The average molecular weight is 572 g/mol. The number of anilines is 2. The van der Waals surface area contributed by atoms with Gasteiger partial charge in [-0.3, -0.25) is 0 Å². The summed E-state index contributed by atoms with van der Waals surface area (Å²) in [6.07, 6.45) is 2.49. The van der Waals surface area contributed by atoms with E-state index in [2.05, 4.69) is 41.5 Å². The van der Waals surface area contributed by atoms with Crippen molar-refractivity contribution < 1.29 is 23.1 Å². The van der Waals surface area contributed by atoms with E-state index >= 15 is 0 Å². The van der Waals surface area contributed by atoms with Gasteiger partial charge in [-0.15, -0.1) is 0 Å². The number of nitrogens with one attached hydrogen (secondary N) is 2. The van der Waals surface area contributed by atoms with Gasteiger partial charge >= 0.3 is 202 Å². The molecular weight excluding hydrogens is 542 g/mol. The number of aliphatic hydroxyl groups is 1. The van der Waals surface area contributed by atoms with E-state index in [4.69, 9.17) is 0 Å². The van der Waals surface area contributed by atoms with Crippen LogP contribution in [0.25, 0.3) is 0 Å². The normalized spacial score (nSPS) is 17.4. The molecule has 0 bridgehead atoms. The molecule has 2 aromatic rings. The predicted molar refractivity (Wildman–Crippen MR) is 122 cm³/mol. The molecule has 2 heterocycles. The van der Waals surface area contributed by atoms with E-state index in [1.54, 1.807) is 6.20 Å². The maximum atomic E-state index is 14.1. The Bertz CT molecular complexity index is 993. The topological polar surface area (TPSA) is 92.1 Å². The van der Waals surface area contributed by atoms with Gasteiger partial charge in [0.25, 0.3) is 0 Å². The molecule has 0 aromatic carbocycles. The number of hydrogen-bond acceptors (Lipinski definition) is 5. The molecule has 7 nitrogen and oxygen atoms in total. The second-order valence-electron chi connectivity index (χ2n) is 10.1. The molecule has 1 atom stereocenters. The Kier molecular flexibility index (Phi) is 7.38. The fourth-order valence-corrected chi connectivity index (χ4v) is 6.47. The Morgan fingerprint density at radius 1 is 1.30 bits per heavy atom. The molecule has 1 aliphatic carbocycles. The summed E-state index contributed by atoms with van der Waals surface area (Å²) in [4.78, 5) is 17.3. The maximum absolute atomic E-state index is 14.1. The van der Waals surface area contributed by atoms with Crippen LogP contribution in [0, 0.1) is 0 Å². The molecule has 0 saturated heterocycles. The van der Waals surface area contributed by atoms with Crippen LogP contribution in [0.3, 0.4) is 0 Å². The Labute approximate surface area is 201 Å². The van der Waals surface area contributed by atoms with Crippen molar-refractivity contribution in [2.75, 3.05) is 11.9 Å². The molecule has 3 rings (SSSR count). The molecule has 0 unspecified atom stereocenters. The van der Waals surface area contributed by atoms with E-state index in [0.29, 0.717) is 11.4 Å². The Morgan fingerprint density at radius 2 is 1.97 bits per heavy atom. The Morgan fingerprint density at radius 3 is 2.55 bits per heavy atom. The number of carbonyl (C=O) groups is 1. The van der Waals surface area contributed by atoms with E-state index in [1.165, 1.54) is 30.9 Å². The summed E-state index contributed by atoms with van der Waals surface area (Å²) in [5, 5.41) is 19.6. The van der Waals surface area contributed by atoms with E-state index in [0.717, 1.165) is 3.71 Å². The van der Waals surface area contributed by atoms with Gasteiger partial charge in [0.05, 0.1) is 0 Å².